The second-order valence-corrected chi connectivity index (χ2v) is 38.2. The summed E-state index contributed by atoms with van der Waals surface area (Å²) in [6.07, 6.45) is 11.3. The van der Waals surface area contributed by atoms with E-state index in [0.29, 0.717) is 89.9 Å². The molecule has 0 spiro atoms. The summed E-state index contributed by atoms with van der Waals surface area (Å²) >= 11 is 0. The molecule has 24 heteroatoms. The van der Waals surface area contributed by atoms with Crippen LogP contribution in [0.15, 0.2) is 0 Å². The maximum atomic E-state index is 12.9. The van der Waals surface area contributed by atoms with Crippen molar-refractivity contribution in [1.29, 1.82) is 0 Å². The highest BCUT2D eigenvalue weighted by molar-refractivity contribution is 5.81. The third kappa shape index (κ3) is 24.2. The second kappa shape index (κ2) is 33.4. The van der Waals surface area contributed by atoms with Gasteiger partial charge in [-0.2, -0.15) is 30.4 Å². The Morgan fingerprint density at radius 1 is 0.300 bits per heavy atom. The topological polar surface area (TPSA) is 299 Å². The molecule has 6 aliphatic rings. The Morgan fingerprint density at radius 2 is 0.510 bits per heavy atom. The van der Waals surface area contributed by atoms with Gasteiger partial charge in [0, 0.05) is 150 Å². The summed E-state index contributed by atoms with van der Waals surface area (Å²) in [4.78, 5) is 75.7. The molecule has 6 aliphatic heterocycles. The molecule has 6 N–H and O–H groups in total. The van der Waals surface area contributed by atoms with Gasteiger partial charge >= 0.3 is 35.8 Å². The van der Waals surface area contributed by atoms with Crippen LogP contribution in [0, 0.1) is 17.8 Å². The lowest BCUT2D eigenvalue weighted by Crippen LogP contribution is -2.61. The molecule has 100 heavy (non-hydrogen) atoms. The molecular weight excluding hydrogens is 1280 g/mol. The van der Waals surface area contributed by atoms with Crippen LogP contribution in [-0.2, 0) is 57.2 Å². The molecule has 6 saturated heterocycles. The molecule has 6 heterocycles. The van der Waals surface area contributed by atoms with E-state index < -0.39 is 102 Å². The average molecular weight is 1430 g/mol. The molecule has 0 aliphatic carbocycles. The molecule has 3 atom stereocenters. The molecule has 0 bridgehead atoms. The Balaban J connectivity index is 0.000000320. The minimum absolute atomic E-state index is 0.0266. The molecule has 0 aromatic carbocycles. The number of ether oxygens (including phenoxy) is 6. The van der Waals surface area contributed by atoms with Crippen LogP contribution in [0.25, 0.3) is 0 Å². The van der Waals surface area contributed by atoms with E-state index in [-0.39, 0.29) is 67.3 Å². The lowest BCUT2D eigenvalue weighted by Gasteiger charge is -2.51. The van der Waals surface area contributed by atoms with Crippen molar-refractivity contribution in [2.75, 3.05) is 0 Å². The lowest BCUT2D eigenvalue weighted by molar-refractivity contribution is -0.260. The van der Waals surface area contributed by atoms with Gasteiger partial charge in [-0.15, -0.1) is 0 Å². The second-order valence-electron chi connectivity index (χ2n) is 38.2. The number of piperidine rings is 6. The number of rotatable bonds is 22. The SMILES string of the molecule is CC(CC(=O)OC1CC(C)(C)N(O)C(C)(C)C1)C(=O)OC1CC(C)(C)N(O)C(C)(C)C1.CC(CCCCCCCC(=O)OC1CC(C)(C)N(O)C(C)(C)C1)C(=O)OC1CC(C)(C)N(O)C(C)(C)C1.CCC(CC(=O)OC1CC(C)(C)N(O)C(C)(C)C1)C(=O)OC1CC(C)(C)N(O)C(C)(C)C1. The van der Waals surface area contributed by atoms with Gasteiger partial charge in [-0.3, -0.25) is 28.8 Å². The van der Waals surface area contributed by atoms with Gasteiger partial charge < -0.3 is 59.7 Å². The summed E-state index contributed by atoms with van der Waals surface area (Å²) in [5, 5.41) is 70.7. The number of carbonyl (C=O) groups excluding carboxylic acids is 6. The molecule has 24 nitrogen and oxygen atoms in total. The smallest absolute Gasteiger partial charge is 0.309 e. The monoisotopic (exact) mass is 1430 g/mol. The summed E-state index contributed by atoms with van der Waals surface area (Å²) in [5.41, 5.74) is -5.88. The molecule has 0 aromatic heterocycles. The van der Waals surface area contributed by atoms with Gasteiger partial charge in [0.05, 0.1) is 30.6 Å². The quantitative estimate of drug-likeness (QED) is 0.0333. The average Bonchev–Trinajstić information content (AvgIpc) is 0.820. The minimum atomic E-state index is -0.621. The molecule has 6 fully saturated rings. The lowest BCUT2D eigenvalue weighted by atomic mass is 9.80. The van der Waals surface area contributed by atoms with Crippen molar-refractivity contribution in [2.24, 2.45) is 17.8 Å². The first-order chi connectivity index (χ1) is 45.2. The van der Waals surface area contributed by atoms with Gasteiger partial charge in [0.2, 0.25) is 0 Å². The van der Waals surface area contributed by atoms with Crippen molar-refractivity contribution in [3.8, 4) is 0 Å². The zero-order chi connectivity index (χ0) is 76.9. The van der Waals surface area contributed by atoms with Crippen LogP contribution in [0.2, 0.25) is 0 Å². The number of unbranched alkanes of at least 4 members (excludes halogenated alkanes) is 4. The van der Waals surface area contributed by atoms with Gasteiger partial charge in [0.15, 0.2) is 0 Å². The molecule has 0 amide bonds. The van der Waals surface area contributed by atoms with Gasteiger partial charge in [0.1, 0.15) is 36.6 Å². The summed E-state index contributed by atoms with van der Waals surface area (Å²) in [6.45, 7) is 51.9. The predicted molar refractivity (Wildman–Crippen MR) is 379 cm³/mol. The number of carbonyl (C=O) groups is 6. The number of nitrogens with zero attached hydrogens (tertiary/aromatic N) is 6. The van der Waals surface area contributed by atoms with Crippen LogP contribution >= 0.6 is 0 Å². The van der Waals surface area contributed by atoms with Crippen LogP contribution in [0.5, 0.6) is 0 Å². The number of hydrogen-bond acceptors (Lipinski definition) is 24. The van der Waals surface area contributed by atoms with E-state index in [2.05, 4.69) is 0 Å². The van der Waals surface area contributed by atoms with Crippen molar-refractivity contribution in [3.05, 3.63) is 0 Å². The Labute approximate surface area is 601 Å². The highest BCUT2D eigenvalue weighted by Gasteiger charge is 2.53. The highest BCUT2D eigenvalue weighted by atomic mass is 16.6. The molecule has 0 saturated carbocycles. The molecule has 6 rings (SSSR count). The summed E-state index contributed by atoms with van der Waals surface area (Å²) in [6, 6.07) is 0. The predicted octanol–water partition coefficient (Wildman–Crippen LogP) is 14.5. The molecule has 3 unspecified atom stereocenters. The van der Waals surface area contributed by atoms with Gasteiger partial charge in [-0.05, 0) is 185 Å². The Hall–Kier alpha value is -3.66. The largest absolute Gasteiger partial charge is 0.462 e. The van der Waals surface area contributed by atoms with Crippen LogP contribution in [0.4, 0.5) is 0 Å². The van der Waals surface area contributed by atoms with Crippen molar-refractivity contribution < 1.29 is 88.4 Å². The van der Waals surface area contributed by atoms with E-state index in [1.165, 1.54) is 30.4 Å². The number of hydroxylamine groups is 12. The minimum Gasteiger partial charge on any atom is -0.462 e. The highest BCUT2D eigenvalue weighted by Crippen LogP contribution is 2.44. The molecule has 582 valence electrons. The molecule has 0 aromatic rings. The van der Waals surface area contributed by atoms with Gasteiger partial charge in [-0.25, -0.2) is 0 Å². The van der Waals surface area contributed by atoms with Gasteiger partial charge in [0.25, 0.3) is 0 Å². The Bertz CT molecular complexity index is 2630. The van der Waals surface area contributed by atoms with Crippen LogP contribution in [0.1, 0.15) is 328 Å². The number of hydrogen-bond donors (Lipinski definition) is 6. The summed E-state index contributed by atoms with van der Waals surface area (Å²) in [7, 11) is 0. The fraction of sp³-hybridized carbons (Fsp3) is 0.921. The summed E-state index contributed by atoms with van der Waals surface area (Å²) in [5.74, 6) is -3.30. The van der Waals surface area contributed by atoms with Crippen LogP contribution in [0.3, 0.4) is 0 Å². The first-order valence-corrected chi connectivity index (χ1v) is 37.3. The standard InChI is InChI=1S/C29H54N2O6.C24H44N2O6.C23H42N2O6/c1-21(25(33)37-23-19-28(6,7)31(35)29(8,9)20-23)15-13-11-10-12-14-16-24(32)36-22-17-26(2,3)30(34)27(4,5)18-22;1-10-16(20(28)32-18-14-23(6,7)26(30)24(8,9)15-18)11-19(27)31-17-12-21(2,3)25(29)22(4,5)13-17;1-15(19(27)31-17-13-22(6,7)25(29)23(8,9)14-17)10-18(26)30-16-11-20(2,3)24(28)21(4,5)12-16/h21-23,34-35H,10-20H2,1-9H3;16-18,29-30H,10-15H2,1-9H3;15-17,28-29H,10-14H2,1-9H3. The third-order valence-electron chi connectivity index (χ3n) is 21.9. The fourth-order valence-corrected chi connectivity index (χ4v) is 17.4. The van der Waals surface area contributed by atoms with Gasteiger partial charge in [-0.1, -0.05) is 46.5 Å². The fourth-order valence-electron chi connectivity index (χ4n) is 17.4. The number of esters is 6. The Morgan fingerprint density at radius 3 is 0.780 bits per heavy atom. The van der Waals surface area contributed by atoms with Crippen molar-refractivity contribution in [3.63, 3.8) is 0 Å². The van der Waals surface area contributed by atoms with E-state index in [9.17, 15) is 60.0 Å². The molecule has 0 radical (unpaired) electrons. The van der Waals surface area contributed by atoms with E-state index in [1.807, 2.05) is 180 Å². The summed E-state index contributed by atoms with van der Waals surface area (Å²) < 4.78 is 34.5. The maximum absolute atomic E-state index is 12.9. The van der Waals surface area contributed by atoms with Crippen molar-refractivity contribution in [1.82, 2.24) is 30.4 Å². The Kier molecular flexibility index (Phi) is 29.7. The maximum Gasteiger partial charge on any atom is 0.309 e. The van der Waals surface area contributed by atoms with Crippen molar-refractivity contribution in [2.45, 2.75) is 431 Å². The first kappa shape index (κ1) is 88.7. The van der Waals surface area contributed by atoms with Crippen molar-refractivity contribution >= 4 is 35.8 Å². The molecular formula is C76H140N6O18. The normalized spacial score (nSPS) is 26.4. The third-order valence-corrected chi connectivity index (χ3v) is 21.9. The first-order valence-electron chi connectivity index (χ1n) is 37.3. The van der Waals surface area contributed by atoms with E-state index in [4.69, 9.17) is 28.4 Å². The van der Waals surface area contributed by atoms with Crippen LogP contribution in [-0.4, -0.2) is 201 Å². The van der Waals surface area contributed by atoms with E-state index >= 15 is 0 Å². The van der Waals surface area contributed by atoms with E-state index in [1.54, 1.807) is 6.92 Å². The van der Waals surface area contributed by atoms with Crippen LogP contribution < -0.4 is 0 Å². The van der Waals surface area contributed by atoms with E-state index in [0.717, 1.165) is 38.5 Å². The zero-order valence-corrected chi connectivity index (χ0v) is 67.0. The zero-order valence-electron chi connectivity index (χ0n) is 67.0.